The number of hydrogen-bond acceptors (Lipinski definition) is 0. The van der Waals surface area contributed by atoms with Crippen LogP contribution in [0.25, 0.3) is 11.1 Å². The maximum Gasteiger partial charge on any atom is 0.0831 e. The van der Waals surface area contributed by atoms with Gasteiger partial charge >= 0.3 is 0 Å². The van der Waals surface area contributed by atoms with Crippen LogP contribution in [0.4, 0.5) is 0 Å². The molecule has 0 radical (unpaired) electrons. The van der Waals surface area contributed by atoms with E-state index < -0.39 is 8.07 Å². The van der Waals surface area contributed by atoms with Crippen molar-refractivity contribution in [2.45, 2.75) is 32.5 Å². The third-order valence-electron chi connectivity index (χ3n) is 4.23. The second-order valence-electron chi connectivity index (χ2n) is 5.94. The SMILES string of the molecule is CC(C)[Si](C)(C)c1cccc(-c2ccccc2Br)c1. The van der Waals surface area contributed by atoms with Crippen molar-refractivity contribution in [3.63, 3.8) is 0 Å². The van der Waals surface area contributed by atoms with Crippen molar-refractivity contribution in [1.29, 1.82) is 0 Å². The Kier molecular flexibility index (Phi) is 4.31. The molecule has 0 N–H and O–H groups in total. The van der Waals surface area contributed by atoms with E-state index in [2.05, 4.69) is 91.4 Å². The molecule has 0 bridgehead atoms. The minimum absolute atomic E-state index is 0.752. The van der Waals surface area contributed by atoms with Crippen LogP contribution in [0, 0.1) is 0 Å². The lowest BCUT2D eigenvalue weighted by Crippen LogP contribution is -2.44. The van der Waals surface area contributed by atoms with E-state index in [4.69, 9.17) is 0 Å². The summed E-state index contributed by atoms with van der Waals surface area (Å²) in [6, 6.07) is 17.5. The fourth-order valence-electron chi connectivity index (χ4n) is 2.12. The van der Waals surface area contributed by atoms with E-state index >= 15 is 0 Å². The molecule has 2 rings (SSSR count). The van der Waals surface area contributed by atoms with Gasteiger partial charge < -0.3 is 0 Å². The van der Waals surface area contributed by atoms with Gasteiger partial charge in [-0.25, -0.2) is 0 Å². The number of benzene rings is 2. The van der Waals surface area contributed by atoms with E-state index in [1.54, 1.807) is 0 Å². The zero-order valence-electron chi connectivity index (χ0n) is 12.1. The third-order valence-corrected chi connectivity index (χ3v) is 9.61. The molecule has 0 amide bonds. The highest BCUT2D eigenvalue weighted by Gasteiger charge is 2.27. The lowest BCUT2D eigenvalue weighted by molar-refractivity contribution is 1.02. The molecule has 0 saturated heterocycles. The van der Waals surface area contributed by atoms with Crippen LogP contribution in [0.5, 0.6) is 0 Å². The molecule has 0 heterocycles. The first-order valence-corrected chi connectivity index (χ1v) is 10.7. The first-order valence-electron chi connectivity index (χ1n) is 6.78. The highest BCUT2D eigenvalue weighted by molar-refractivity contribution is 9.10. The maximum absolute atomic E-state index is 3.65. The summed E-state index contributed by atoms with van der Waals surface area (Å²) in [5.41, 5.74) is 3.34. The Bertz CT molecular complexity index is 573. The van der Waals surface area contributed by atoms with Crippen molar-refractivity contribution < 1.29 is 0 Å². The molecule has 0 fully saturated rings. The first kappa shape index (κ1) is 14.5. The Morgan fingerprint density at radius 1 is 0.947 bits per heavy atom. The average Bonchev–Trinajstić information content (AvgIpc) is 2.39. The third kappa shape index (κ3) is 3.01. The molecule has 0 aromatic heterocycles. The standard InChI is InChI=1S/C17H21BrSi/c1-13(2)19(3,4)15-9-7-8-14(12-15)16-10-5-6-11-17(16)18/h5-13H,1-4H3. The summed E-state index contributed by atoms with van der Waals surface area (Å²) in [6.45, 7) is 9.60. The molecule has 19 heavy (non-hydrogen) atoms. The summed E-state index contributed by atoms with van der Waals surface area (Å²) in [5, 5.41) is 1.54. The molecular formula is C17H21BrSi. The van der Waals surface area contributed by atoms with Gasteiger partial charge in [-0.15, -0.1) is 0 Å². The quantitative estimate of drug-likeness (QED) is 0.656. The molecular weight excluding hydrogens is 312 g/mol. The predicted octanol–water partition coefficient (Wildman–Crippen LogP) is 5.44. The second kappa shape index (κ2) is 5.64. The molecule has 2 heteroatoms. The summed E-state index contributed by atoms with van der Waals surface area (Å²) in [7, 11) is -1.35. The van der Waals surface area contributed by atoms with Crippen molar-refractivity contribution in [2.75, 3.05) is 0 Å². The Labute approximate surface area is 126 Å². The van der Waals surface area contributed by atoms with Gasteiger partial charge in [-0.05, 0) is 22.7 Å². The molecule has 0 unspecified atom stereocenters. The summed E-state index contributed by atoms with van der Waals surface area (Å²) < 4.78 is 1.16. The van der Waals surface area contributed by atoms with Gasteiger partial charge in [0.1, 0.15) is 0 Å². The second-order valence-corrected chi connectivity index (χ2v) is 12.0. The van der Waals surface area contributed by atoms with Crippen LogP contribution in [-0.4, -0.2) is 8.07 Å². The topological polar surface area (TPSA) is 0 Å². The molecule has 2 aromatic carbocycles. The van der Waals surface area contributed by atoms with Gasteiger partial charge in [-0.1, -0.05) is 90.5 Å². The highest BCUT2D eigenvalue weighted by Crippen LogP contribution is 2.28. The first-order chi connectivity index (χ1) is 8.93. The molecule has 0 spiro atoms. The van der Waals surface area contributed by atoms with Crippen molar-refractivity contribution in [2.24, 2.45) is 0 Å². The van der Waals surface area contributed by atoms with Crippen LogP contribution in [-0.2, 0) is 0 Å². The number of halogens is 1. The van der Waals surface area contributed by atoms with Gasteiger partial charge in [0.15, 0.2) is 0 Å². The largest absolute Gasteiger partial charge is 0.0831 e. The van der Waals surface area contributed by atoms with Crippen molar-refractivity contribution in [3.05, 3.63) is 53.0 Å². The summed E-state index contributed by atoms with van der Waals surface area (Å²) in [6.07, 6.45) is 0. The fraction of sp³-hybridized carbons (Fsp3) is 0.294. The summed E-state index contributed by atoms with van der Waals surface area (Å²) in [4.78, 5) is 0. The van der Waals surface area contributed by atoms with Gasteiger partial charge in [0.25, 0.3) is 0 Å². The van der Waals surface area contributed by atoms with E-state index in [9.17, 15) is 0 Å². The minimum atomic E-state index is -1.35. The average molecular weight is 333 g/mol. The zero-order chi connectivity index (χ0) is 14.0. The van der Waals surface area contributed by atoms with E-state index in [1.165, 1.54) is 16.3 Å². The summed E-state index contributed by atoms with van der Waals surface area (Å²) >= 11 is 3.65. The molecule has 0 aliphatic heterocycles. The van der Waals surface area contributed by atoms with Crippen LogP contribution in [0.1, 0.15) is 13.8 Å². The van der Waals surface area contributed by atoms with E-state index in [1.807, 2.05) is 0 Å². The number of hydrogen-bond donors (Lipinski definition) is 0. The van der Waals surface area contributed by atoms with Crippen molar-refractivity contribution in [1.82, 2.24) is 0 Å². The molecule has 0 atom stereocenters. The molecule has 0 aliphatic rings. The van der Waals surface area contributed by atoms with Crippen molar-refractivity contribution >= 4 is 29.2 Å². The van der Waals surface area contributed by atoms with E-state index in [-0.39, 0.29) is 0 Å². The lowest BCUT2D eigenvalue weighted by atomic mass is 10.1. The van der Waals surface area contributed by atoms with E-state index in [0.29, 0.717) is 0 Å². The molecule has 0 saturated carbocycles. The van der Waals surface area contributed by atoms with Crippen LogP contribution in [0.15, 0.2) is 53.0 Å². The van der Waals surface area contributed by atoms with Crippen LogP contribution < -0.4 is 5.19 Å². The molecule has 100 valence electrons. The Morgan fingerprint density at radius 2 is 1.63 bits per heavy atom. The van der Waals surface area contributed by atoms with Gasteiger partial charge in [0.05, 0.1) is 8.07 Å². The van der Waals surface area contributed by atoms with Crippen LogP contribution in [0.2, 0.25) is 18.6 Å². The Balaban J connectivity index is 2.49. The Morgan fingerprint density at radius 3 is 2.26 bits per heavy atom. The number of rotatable bonds is 3. The van der Waals surface area contributed by atoms with Gasteiger partial charge in [-0.2, -0.15) is 0 Å². The monoisotopic (exact) mass is 332 g/mol. The predicted molar refractivity (Wildman–Crippen MR) is 91.8 cm³/mol. The molecule has 2 aromatic rings. The van der Waals surface area contributed by atoms with Gasteiger partial charge in [0, 0.05) is 4.47 Å². The minimum Gasteiger partial charge on any atom is -0.0652 e. The zero-order valence-corrected chi connectivity index (χ0v) is 14.7. The smallest absolute Gasteiger partial charge is 0.0652 e. The van der Waals surface area contributed by atoms with Crippen LogP contribution in [0.3, 0.4) is 0 Å². The molecule has 0 nitrogen and oxygen atoms in total. The highest BCUT2D eigenvalue weighted by atomic mass is 79.9. The normalized spacial score (nSPS) is 11.9. The van der Waals surface area contributed by atoms with Gasteiger partial charge in [0.2, 0.25) is 0 Å². The van der Waals surface area contributed by atoms with Crippen molar-refractivity contribution in [3.8, 4) is 11.1 Å². The lowest BCUT2D eigenvalue weighted by Gasteiger charge is -2.28. The molecule has 0 aliphatic carbocycles. The maximum atomic E-state index is 3.65. The van der Waals surface area contributed by atoms with E-state index in [0.717, 1.165) is 10.0 Å². The fourth-order valence-corrected chi connectivity index (χ4v) is 4.35. The summed E-state index contributed by atoms with van der Waals surface area (Å²) in [5.74, 6) is 0. The Hall–Kier alpha value is -0.863. The van der Waals surface area contributed by atoms with Gasteiger partial charge in [-0.3, -0.25) is 0 Å². The van der Waals surface area contributed by atoms with Crippen LogP contribution >= 0.6 is 15.9 Å².